The second kappa shape index (κ2) is 2.80. The summed E-state index contributed by atoms with van der Waals surface area (Å²) in [6, 6.07) is 2.77. The van der Waals surface area contributed by atoms with Crippen LogP contribution >= 0.6 is 0 Å². The first-order valence-corrected chi connectivity index (χ1v) is 3.95. The smallest absolute Gasteiger partial charge is 0.338 e. The van der Waals surface area contributed by atoms with Gasteiger partial charge >= 0.3 is 5.97 Å². The van der Waals surface area contributed by atoms with Gasteiger partial charge in [-0.15, -0.1) is 0 Å². The number of aromatic nitrogens is 2. The molecule has 5 heteroatoms. The molecule has 0 fully saturated rings. The van der Waals surface area contributed by atoms with Gasteiger partial charge in [0.15, 0.2) is 5.82 Å². The maximum absolute atomic E-state index is 13.5. The van der Waals surface area contributed by atoms with E-state index in [2.05, 4.69) is 5.10 Å². The van der Waals surface area contributed by atoms with Crippen LogP contribution in [0.3, 0.4) is 0 Å². The van der Waals surface area contributed by atoms with E-state index in [0.29, 0.717) is 5.39 Å². The molecule has 1 N–H and O–H groups in total. The highest BCUT2D eigenvalue weighted by Crippen LogP contribution is 2.19. The minimum atomic E-state index is -1.28. The zero-order valence-corrected chi connectivity index (χ0v) is 7.36. The number of rotatable bonds is 1. The van der Waals surface area contributed by atoms with Crippen LogP contribution in [-0.2, 0) is 7.05 Å². The lowest BCUT2D eigenvalue weighted by Gasteiger charge is -1.96. The summed E-state index contributed by atoms with van der Waals surface area (Å²) >= 11 is 0. The van der Waals surface area contributed by atoms with E-state index in [1.54, 1.807) is 13.2 Å². The molecule has 0 bridgehead atoms. The lowest BCUT2D eigenvalue weighted by atomic mass is 10.1. The molecule has 1 heterocycles. The zero-order chi connectivity index (χ0) is 10.3. The van der Waals surface area contributed by atoms with Gasteiger partial charge in [-0.3, -0.25) is 4.68 Å². The van der Waals surface area contributed by atoms with Crippen molar-refractivity contribution < 1.29 is 14.3 Å². The van der Waals surface area contributed by atoms with Crippen LogP contribution < -0.4 is 0 Å². The minimum absolute atomic E-state index is 0.0902. The lowest BCUT2D eigenvalue weighted by molar-refractivity contribution is 0.0692. The van der Waals surface area contributed by atoms with Crippen LogP contribution in [0.15, 0.2) is 18.3 Å². The SMILES string of the molecule is Cn1cc2ccc(C(=O)O)c(F)c2n1. The number of aromatic carboxylic acids is 1. The number of hydrogen-bond donors (Lipinski definition) is 1. The molecular formula is C9H7FN2O2. The maximum Gasteiger partial charge on any atom is 0.338 e. The van der Waals surface area contributed by atoms with Crippen LogP contribution in [0.1, 0.15) is 10.4 Å². The first kappa shape index (κ1) is 8.68. The fraction of sp³-hybridized carbons (Fsp3) is 0.111. The summed E-state index contributed by atoms with van der Waals surface area (Å²) in [5.41, 5.74) is -0.261. The third kappa shape index (κ3) is 1.14. The maximum atomic E-state index is 13.5. The molecule has 1 aromatic carbocycles. The van der Waals surface area contributed by atoms with Crippen molar-refractivity contribution in [3.63, 3.8) is 0 Å². The number of carboxylic acid groups (broad SMARTS) is 1. The summed E-state index contributed by atoms with van der Waals surface area (Å²) in [4.78, 5) is 10.6. The van der Waals surface area contributed by atoms with Crippen molar-refractivity contribution in [2.75, 3.05) is 0 Å². The molecule has 2 aromatic rings. The first-order chi connectivity index (χ1) is 6.59. The van der Waals surface area contributed by atoms with Crippen molar-refractivity contribution in [1.82, 2.24) is 9.78 Å². The Hall–Kier alpha value is -1.91. The van der Waals surface area contributed by atoms with Gasteiger partial charge < -0.3 is 5.11 Å². The van der Waals surface area contributed by atoms with Crippen LogP contribution in [0, 0.1) is 5.82 Å². The largest absolute Gasteiger partial charge is 0.478 e. The normalized spacial score (nSPS) is 10.7. The molecule has 72 valence electrons. The highest BCUT2D eigenvalue weighted by molar-refractivity contribution is 5.93. The Labute approximate surface area is 78.6 Å². The molecular weight excluding hydrogens is 187 g/mol. The molecule has 0 spiro atoms. The van der Waals surface area contributed by atoms with Gasteiger partial charge in [-0.1, -0.05) is 6.07 Å². The number of benzene rings is 1. The molecule has 2 rings (SSSR count). The highest BCUT2D eigenvalue weighted by atomic mass is 19.1. The molecule has 0 saturated heterocycles. The van der Waals surface area contributed by atoms with Crippen LogP contribution in [0.4, 0.5) is 4.39 Å². The first-order valence-electron chi connectivity index (χ1n) is 3.95. The lowest BCUT2D eigenvalue weighted by Crippen LogP contribution is -2.00. The summed E-state index contributed by atoms with van der Waals surface area (Å²) in [6.45, 7) is 0. The third-order valence-electron chi connectivity index (χ3n) is 1.96. The Morgan fingerprint density at radius 1 is 1.57 bits per heavy atom. The number of carboxylic acids is 1. The number of fused-ring (bicyclic) bond motifs is 1. The van der Waals surface area contributed by atoms with Gasteiger partial charge in [0.25, 0.3) is 0 Å². The monoisotopic (exact) mass is 194 g/mol. The Kier molecular flexibility index (Phi) is 1.73. The molecule has 1 aromatic heterocycles. The number of carbonyl (C=O) groups is 1. The summed E-state index contributed by atoms with van der Waals surface area (Å²) in [7, 11) is 1.65. The molecule has 0 amide bonds. The molecule has 0 aliphatic carbocycles. The van der Waals surface area contributed by atoms with Crippen LogP contribution in [-0.4, -0.2) is 20.9 Å². The fourth-order valence-corrected chi connectivity index (χ4v) is 1.34. The molecule has 0 radical (unpaired) electrons. The van der Waals surface area contributed by atoms with E-state index < -0.39 is 11.8 Å². The van der Waals surface area contributed by atoms with Gasteiger partial charge in [-0.2, -0.15) is 5.10 Å². The number of aryl methyl sites for hydroxylation is 1. The number of hydrogen-bond acceptors (Lipinski definition) is 2. The second-order valence-electron chi connectivity index (χ2n) is 2.97. The van der Waals surface area contributed by atoms with Crippen molar-refractivity contribution in [3.8, 4) is 0 Å². The van der Waals surface area contributed by atoms with E-state index in [1.165, 1.54) is 16.8 Å². The average molecular weight is 194 g/mol. The molecule has 4 nitrogen and oxygen atoms in total. The average Bonchev–Trinajstić information content (AvgIpc) is 2.46. The van der Waals surface area contributed by atoms with Crippen molar-refractivity contribution in [2.24, 2.45) is 7.05 Å². The summed E-state index contributed by atoms with van der Waals surface area (Å²) < 4.78 is 14.9. The van der Waals surface area contributed by atoms with Crippen LogP contribution in [0.5, 0.6) is 0 Å². The minimum Gasteiger partial charge on any atom is -0.478 e. The summed E-state index contributed by atoms with van der Waals surface area (Å²) in [5.74, 6) is -2.06. The van der Waals surface area contributed by atoms with Crippen molar-refractivity contribution in [2.45, 2.75) is 0 Å². The molecule has 0 aliphatic rings. The van der Waals surface area contributed by atoms with Crippen molar-refractivity contribution in [3.05, 3.63) is 29.7 Å². The van der Waals surface area contributed by atoms with Gasteiger partial charge in [0, 0.05) is 18.6 Å². The summed E-state index contributed by atoms with van der Waals surface area (Å²) in [6.07, 6.45) is 1.63. The van der Waals surface area contributed by atoms with Gasteiger partial charge in [0.1, 0.15) is 5.52 Å². The van der Waals surface area contributed by atoms with Gasteiger partial charge in [0.2, 0.25) is 0 Å². The third-order valence-corrected chi connectivity index (χ3v) is 1.96. The Balaban J connectivity index is 2.80. The van der Waals surface area contributed by atoms with Gasteiger partial charge in [-0.25, -0.2) is 9.18 Å². The van der Waals surface area contributed by atoms with E-state index >= 15 is 0 Å². The van der Waals surface area contributed by atoms with E-state index in [-0.39, 0.29) is 11.1 Å². The Morgan fingerprint density at radius 2 is 2.29 bits per heavy atom. The molecule has 0 unspecified atom stereocenters. The zero-order valence-electron chi connectivity index (χ0n) is 7.36. The predicted octanol–water partition coefficient (Wildman–Crippen LogP) is 1.41. The Bertz CT molecular complexity index is 519. The van der Waals surface area contributed by atoms with E-state index in [0.717, 1.165) is 0 Å². The fourth-order valence-electron chi connectivity index (χ4n) is 1.34. The standard InChI is InChI=1S/C9H7FN2O2/c1-12-4-5-2-3-6(9(13)14)7(10)8(5)11-12/h2-4H,1H3,(H,13,14). The molecule has 0 saturated carbocycles. The number of halogens is 1. The van der Waals surface area contributed by atoms with Crippen molar-refractivity contribution >= 4 is 16.9 Å². The van der Waals surface area contributed by atoms with Crippen molar-refractivity contribution in [1.29, 1.82) is 0 Å². The van der Waals surface area contributed by atoms with E-state index in [4.69, 9.17) is 5.11 Å². The van der Waals surface area contributed by atoms with Gasteiger partial charge in [-0.05, 0) is 6.07 Å². The predicted molar refractivity (Wildman–Crippen MR) is 47.6 cm³/mol. The van der Waals surface area contributed by atoms with Crippen LogP contribution in [0.25, 0.3) is 10.9 Å². The molecule has 14 heavy (non-hydrogen) atoms. The summed E-state index contributed by atoms with van der Waals surface area (Å²) in [5, 5.41) is 13.1. The second-order valence-corrected chi connectivity index (χ2v) is 2.97. The molecule has 0 atom stereocenters. The highest BCUT2D eigenvalue weighted by Gasteiger charge is 2.14. The Morgan fingerprint density at radius 3 is 2.93 bits per heavy atom. The topological polar surface area (TPSA) is 55.1 Å². The quantitative estimate of drug-likeness (QED) is 0.746. The van der Waals surface area contributed by atoms with E-state index in [1.807, 2.05) is 0 Å². The molecule has 0 aliphatic heterocycles. The number of nitrogens with zero attached hydrogens (tertiary/aromatic N) is 2. The van der Waals surface area contributed by atoms with Gasteiger partial charge in [0.05, 0.1) is 5.56 Å². The van der Waals surface area contributed by atoms with E-state index in [9.17, 15) is 9.18 Å². The van der Waals surface area contributed by atoms with Crippen LogP contribution in [0.2, 0.25) is 0 Å².